The van der Waals surface area contributed by atoms with E-state index in [0.717, 1.165) is 15.4 Å². The molecule has 21 heavy (non-hydrogen) atoms. The van der Waals surface area contributed by atoms with Gasteiger partial charge in [-0.25, -0.2) is 9.78 Å². The van der Waals surface area contributed by atoms with Crippen LogP contribution in [0.5, 0.6) is 0 Å². The summed E-state index contributed by atoms with van der Waals surface area (Å²) in [5.74, 6) is -1.00. The second kappa shape index (κ2) is 5.97. The predicted molar refractivity (Wildman–Crippen MR) is 77.9 cm³/mol. The first kappa shape index (κ1) is 13.6. The minimum absolute atomic E-state index is 0.116. The van der Waals surface area contributed by atoms with Gasteiger partial charge in [0.25, 0.3) is 0 Å². The maximum Gasteiger partial charge on any atom is 0.355 e. The highest BCUT2D eigenvalue weighted by Gasteiger charge is 2.20. The number of hydrogen-bond donors (Lipinski definition) is 1. The molecule has 2 heterocycles. The first-order valence-electron chi connectivity index (χ1n) is 6.48. The van der Waals surface area contributed by atoms with E-state index in [-0.39, 0.29) is 12.0 Å². The molecule has 0 unspecified atom stereocenters. The number of thiazole rings is 1. The molecule has 0 spiro atoms. The van der Waals surface area contributed by atoms with Crippen LogP contribution in [0.4, 0.5) is 0 Å². The Morgan fingerprint density at radius 2 is 1.95 bits per heavy atom. The lowest BCUT2D eigenvalue weighted by atomic mass is 10.2. The van der Waals surface area contributed by atoms with Crippen molar-refractivity contribution in [3.63, 3.8) is 0 Å². The van der Waals surface area contributed by atoms with Gasteiger partial charge in [-0.15, -0.1) is 11.3 Å². The lowest BCUT2D eigenvalue weighted by Crippen LogP contribution is -2.09. The Labute approximate surface area is 125 Å². The molecule has 0 saturated carbocycles. The molecule has 6 heteroatoms. The molecular weight excluding hydrogens is 290 g/mol. The number of carboxylic acids is 1. The molecule has 108 valence electrons. The molecule has 1 aliphatic rings. The van der Waals surface area contributed by atoms with E-state index in [1.54, 1.807) is 0 Å². The largest absolute Gasteiger partial charge is 0.476 e. The zero-order chi connectivity index (χ0) is 14.7. The lowest BCUT2D eigenvalue weighted by Gasteiger charge is -2.08. The third-order valence-electron chi connectivity index (χ3n) is 3.04. The third-order valence-corrected chi connectivity index (χ3v) is 4.21. The van der Waals surface area contributed by atoms with Crippen LogP contribution in [0.2, 0.25) is 0 Å². The summed E-state index contributed by atoms with van der Waals surface area (Å²) in [5.41, 5.74) is 1.04. The minimum Gasteiger partial charge on any atom is -0.476 e. The van der Waals surface area contributed by atoms with Crippen LogP contribution >= 0.6 is 11.3 Å². The van der Waals surface area contributed by atoms with Crippen LogP contribution in [0, 0.1) is 0 Å². The maximum atomic E-state index is 11.3. The summed E-state index contributed by atoms with van der Waals surface area (Å²) >= 11 is 1.40. The minimum atomic E-state index is -1.00. The predicted octanol–water partition coefficient (Wildman–Crippen LogP) is 3.29. The van der Waals surface area contributed by atoms with Crippen LogP contribution in [-0.2, 0) is 15.9 Å². The van der Waals surface area contributed by atoms with E-state index in [4.69, 9.17) is 9.47 Å². The summed E-state index contributed by atoms with van der Waals surface area (Å²) in [6, 6.07) is 9.56. The number of rotatable bonds is 5. The number of aromatic nitrogens is 1. The number of aryl methyl sites for hydroxylation is 1. The number of benzene rings is 1. The Kier molecular flexibility index (Phi) is 3.87. The number of hydrogen-bond acceptors (Lipinski definition) is 5. The molecule has 1 aromatic heterocycles. The summed E-state index contributed by atoms with van der Waals surface area (Å²) in [7, 11) is 0. The molecule has 1 aliphatic heterocycles. The Bertz CT molecular complexity index is 658. The summed E-state index contributed by atoms with van der Waals surface area (Å²) < 4.78 is 10.4. The van der Waals surface area contributed by atoms with Crippen molar-refractivity contribution in [3.8, 4) is 10.6 Å². The monoisotopic (exact) mass is 303 g/mol. The molecule has 0 atom stereocenters. The number of nitrogens with zero attached hydrogens (tertiary/aromatic N) is 1. The molecule has 0 radical (unpaired) electrons. The fraction of sp³-hybridized carbons (Fsp3) is 0.200. The van der Waals surface area contributed by atoms with Gasteiger partial charge in [0, 0.05) is 16.9 Å². The second-order valence-corrected chi connectivity index (χ2v) is 5.56. The van der Waals surface area contributed by atoms with Gasteiger partial charge in [-0.2, -0.15) is 0 Å². The number of carboxylic acid groups (broad SMARTS) is 1. The Hall–Kier alpha value is -2.34. The zero-order valence-electron chi connectivity index (χ0n) is 11.1. The van der Waals surface area contributed by atoms with Gasteiger partial charge in [-0.1, -0.05) is 30.3 Å². The molecule has 5 nitrogen and oxygen atoms in total. The molecule has 2 aromatic rings. The molecule has 1 aromatic carbocycles. The van der Waals surface area contributed by atoms with Crippen LogP contribution in [0.15, 0.2) is 42.9 Å². The van der Waals surface area contributed by atoms with Crippen LogP contribution < -0.4 is 0 Å². The molecule has 0 saturated heterocycles. The van der Waals surface area contributed by atoms with Crippen molar-refractivity contribution in [3.05, 3.63) is 53.4 Å². The van der Waals surface area contributed by atoms with Crippen molar-refractivity contribution in [2.45, 2.75) is 19.1 Å². The van der Waals surface area contributed by atoms with Crippen molar-refractivity contribution in [2.24, 2.45) is 0 Å². The highest BCUT2D eigenvalue weighted by Crippen LogP contribution is 2.29. The van der Waals surface area contributed by atoms with E-state index in [9.17, 15) is 9.90 Å². The Balaban J connectivity index is 1.81. The summed E-state index contributed by atoms with van der Waals surface area (Å²) in [6.07, 6.45) is 3.78. The molecule has 0 fully saturated rings. The molecular formula is C15H13NO4S. The maximum absolute atomic E-state index is 11.3. The van der Waals surface area contributed by atoms with Gasteiger partial charge in [0.05, 0.1) is 0 Å². The van der Waals surface area contributed by atoms with Gasteiger partial charge in [0.2, 0.25) is 6.29 Å². The van der Waals surface area contributed by atoms with Gasteiger partial charge in [-0.3, -0.25) is 0 Å². The topological polar surface area (TPSA) is 68.7 Å². The molecule has 0 amide bonds. The SMILES string of the molecule is O=C(O)c1nc(-c2ccccc2)sc1CCC1OC=CO1. The van der Waals surface area contributed by atoms with Crippen LogP contribution in [-0.4, -0.2) is 22.3 Å². The lowest BCUT2D eigenvalue weighted by molar-refractivity contribution is -0.0274. The van der Waals surface area contributed by atoms with E-state index < -0.39 is 5.97 Å². The average Bonchev–Trinajstić information content (AvgIpc) is 3.15. The number of aromatic carboxylic acids is 1. The quantitative estimate of drug-likeness (QED) is 0.918. The molecule has 0 bridgehead atoms. The highest BCUT2D eigenvalue weighted by molar-refractivity contribution is 7.15. The first-order chi connectivity index (χ1) is 10.2. The highest BCUT2D eigenvalue weighted by atomic mass is 32.1. The Morgan fingerprint density at radius 3 is 2.62 bits per heavy atom. The fourth-order valence-corrected chi connectivity index (χ4v) is 3.12. The molecule has 3 rings (SSSR count). The molecule has 0 aliphatic carbocycles. The standard InChI is InChI=1S/C15H13NO4S/c17-15(18)13-11(6-7-12-19-8-9-20-12)21-14(16-13)10-4-2-1-3-5-10/h1-5,8-9,12H,6-7H2,(H,17,18). The zero-order valence-corrected chi connectivity index (χ0v) is 11.9. The first-order valence-corrected chi connectivity index (χ1v) is 7.30. The van der Waals surface area contributed by atoms with Crippen molar-refractivity contribution in [2.75, 3.05) is 0 Å². The Morgan fingerprint density at radius 1 is 1.24 bits per heavy atom. The van der Waals surface area contributed by atoms with Crippen molar-refractivity contribution >= 4 is 17.3 Å². The van der Waals surface area contributed by atoms with E-state index in [0.29, 0.717) is 12.8 Å². The summed E-state index contributed by atoms with van der Waals surface area (Å²) in [5, 5.41) is 10.0. The summed E-state index contributed by atoms with van der Waals surface area (Å²) in [4.78, 5) is 16.3. The van der Waals surface area contributed by atoms with Gasteiger partial charge in [-0.05, 0) is 6.42 Å². The molecule has 1 N–H and O–H groups in total. The van der Waals surface area contributed by atoms with Gasteiger partial charge in [0.15, 0.2) is 5.69 Å². The fourth-order valence-electron chi connectivity index (χ4n) is 2.05. The van der Waals surface area contributed by atoms with Gasteiger partial charge in [0.1, 0.15) is 17.5 Å². The van der Waals surface area contributed by atoms with Crippen LogP contribution in [0.3, 0.4) is 0 Å². The van der Waals surface area contributed by atoms with E-state index >= 15 is 0 Å². The van der Waals surface area contributed by atoms with Crippen LogP contribution in [0.25, 0.3) is 10.6 Å². The van der Waals surface area contributed by atoms with Gasteiger partial charge < -0.3 is 14.6 Å². The third kappa shape index (κ3) is 3.05. The van der Waals surface area contributed by atoms with Gasteiger partial charge >= 0.3 is 5.97 Å². The average molecular weight is 303 g/mol. The van der Waals surface area contributed by atoms with Crippen LogP contribution in [0.1, 0.15) is 21.8 Å². The number of carbonyl (C=O) groups is 1. The summed E-state index contributed by atoms with van der Waals surface area (Å²) in [6.45, 7) is 0. The van der Waals surface area contributed by atoms with Crippen molar-refractivity contribution in [1.29, 1.82) is 0 Å². The number of ether oxygens (including phenoxy) is 2. The smallest absolute Gasteiger partial charge is 0.355 e. The van der Waals surface area contributed by atoms with E-state index in [1.165, 1.54) is 23.9 Å². The van der Waals surface area contributed by atoms with E-state index in [1.807, 2.05) is 30.3 Å². The van der Waals surface area contributed by atoms with Crippen molar-refractivity contribution < 1.29 is 19.4 Å². The van der Waals surface area contributed by atoms with E-state index in [2.05, 4.69) is 4.98 Å². The van der Waals surface area contributed by atoms with Crippen molar-refractivity contribution in [1.82, 2.24) is 4.98 Å². The second-order valence-electron chi connectivity index (χ2n) is 4.47. The normalized spacial score (nSPS) is 13.9.